The average Bonchev–Trinajstić information content (AvgIpc) is 2.64. The van der Waals surface area contributed by atoms with Crippen molar-refractivity contribution >= 4 is 0 Å². The quantitative estimate of drug-likeness (QED) is 0.783. The molecule has 1 N–H and O–H groups in total. The third-order valence-electron chi connectivity index (χ3n) is 2.63. The van der Waals surface area contributed by atoms with Crippen LogP contribution in [0.5, 0.6) is 0 Å². The molecular formula is C12H22N2O. The van der Waals surface area contributed by atoms with Gasteiger partial charge in [0.2, 0.25) is 5.89 Å². The Morgan fingerprint density at radius 3 is 2.67 bits per heavy atom. The molecule has 3 heteroatoms. The largest absolute Gasteiger partial charge is 0.444 e. The van der Waals surface area contributed by atoms with Crippen molar-refractivity contribution in [2.45, 2.75) is 59.0 Å². The van der Waals surface area contributed by atoms with E-state index in [-0.39, 0.29) is 6.04 Å². The summed E-state index contributed by atoms with van der Waals surface area (Å²) in [5.41, 5.74) is 0. The van der Waals surface area contributed by atoms with Gasteiger partial charge in [-0.05, 0) is 26.7 Å². The minimum absolute atomic E-state index is 0.204. The van der Waals surface area contributed by atoms with Crippen LogP contribution in [0, 0.1) is 6.92 Å². The lowest BCUT2D eigenvalue weighted by Gasteiger charge is -2.19. The first-order valence-electron chi connectivity index (χ1n) is 5.85. The minimum Gasteiger partial charge on any atom is -0.444 e. The fourth-order valence-electron chi connectivity index (χ4n) is 1.75. The molecule has 0 aliphatic carbocycles. The number of hydrogen-bond donors (Lipinski definition) is 1. The van der Waals surface area contributed by atoms with Crippen molar-refractivity contribution in [1.29, 1.82) is 0 Å². The summed E-state index contributed by atoms with van der Waals surface area (Å²) in [5, 5.41) is 3.54. The third kappa shape index (κ3) is 3.67. The van der Waals surface area contributed by atoms with Gasteiger partial charge in [-0.2, -0.15) is 0 Å². The van der Waals surface area contributed by atoms with Crippen LogP contribution in [0.15, 0.2) is 10.6 Å². The molecule has 0 fully saturated rings. The second-order valence-electron chi connectivity index (χ2n) is 4.09. The summed E-state index contributed by atoms with van der Waals surface area (Å²) in [7, 11) is 0. The van der Waals surface area contributed by atoms with Crippen LogP contribution in [0.1, 0.15) is 57.7 Å². The lowest BCUT2D eigenvalue weighted by Crippen LogP contribution is -2.31. The van der Waals surface area contributed by atoms with Crippen LogP contribution >= 0.6 is 0 Å². The first-order valence-corrected chi connectivity index (χ1v) is 5.85. The summed E-state index contributed by atoms with van der Waals surface area (Å²) in [6.45, 7) is 8.45. The molecule has 0 aliphatic heterocycles. The summed E-state index contributed by atoms with van der Waals surface area (Å²) in [5.74, 6) is 1.67. The van der Waals surface area contributed by atoms with Crippen LogP contribution in [0.4, 0.5) is 0 Å². The van der Waals surface area contributed by atoms with Gasteiger partial charge in [0.25, 0.3) is 0 Å². The Hall–Kier alpha value is -0.830. The molecule has 1 aromatic rings. The molecule has 0 aromatic carbocycles. The van der Waals surface area contributed by atoms with Crippen molar-refractivity contribution in [3.05, 3.63) is 17.8 Å². The lowest BCUT2D eigenvalue weighted by molar-refractivity contribution is 0.353. The molecule has 1 rings (SSSR count). The molecule has 86 valence electrons. The van der Waals surface area contributed by atoms with Crippen molar-refractivity contribution in [2.75, 3.05) is 0 Å². The molecule has 0 aliphatic rings. The summed E-state index contributed by atoms with van der Waals surface area (Å²) < 4.78 is 5.50. The van der Waals surface area contributed by atoms with Crippen LogP contribution in [0.25, 0.3) is 0 Å². The second kappa shape index (κ2) is 5.91. The number of nitrogens with one attached hydrogen (secondary N) is 1. The van der Waals surface area contributed by atoms with Crippen LogP contribution < -0.4 is 5.32 Å². The predicted molar refractivity (Wildman–Crippen MR) is 61.8 cm³/mol. The van der Waals surface area contributed by atoms with E-state index >= 15 is 0 Å². The smallest absolute Gasteiger partial charge is 0.211 e. The van der Waals surface area contributed by atoms with Crippen molar-refractivity contribution in [1.82, 2.24) is 10.3 Å². The predicted octanol–water partition coefficient (Wildman–Crippen LogP) is 3.21. The van der Waals surface area contributed by atoms with E-state index in [2.05, 4.69) is 31.1 Å². The Labute approximate surface area is 92.3 Å². The van der Waals surface area contributed by atoms with E-state index in [0.717, 1.165) is 18.1 Å². The number of aryl methyl sites for hydroxylation is 1. The zero-order valence-corrected chi connectivity index (χ0v) is 10.2. The van der Waals surface area contributed by atoms with E-state index < -0.39 is 0 Å². The van der Waals surface area contributed by atoms with Crippen LogP contribution in [0.2, 0.25) is 0 Å². The fourth-order valence-corrected chi connectivity index (χ4v) is 1.75. The molecule has 1 aromatic heterocycles. The molecule has 15 heavy (non-hydrogen) atoms. The van der Waals surface area contributed by atoms with E-state index in [1.165, 1.54) is 12.8 Å². The maximum atomic E-state index is 5.50. The van der Waals surface area contributed by atoms with E-state index in [1.807, 2.05) is 6.92 Å². The van der Waals surface area contributed by atoms with E-state index in [0.29, 0.717) is 6.04 Å². The molecule has 0 spiro atoms. The van der Waals surface area contributed by atoms with Gasteiger partial charge in [0.05, 0.1) is 12.2 Å². The summed E-state index contributed by atoms with van der Waals surface area (Å²) in [6, 6.07) is 0.771. The zero-order valence-electron chi connectivity index (χ0n) is 10.2. The highest BCUT2D eigenvalue weighted by atomic mass is 16.4. The molecule has 3 nitrogen and oxygen atoms in total. The Morgan fingerprint density at radius 1 is 1.47 bits per heavy atom. The Morgan fingerprint density at radius 2 is 2.20 bits per heavy atom. The maximum Gasteiger partial charge on any atom is 0.211 e. The van der Waals surface area contributed by atoms with Gasteiger partial charge in [0, 0.05) is 6.04 Å². The Kier molecular flexibility index (Phi) is 4.82. The number of aromatic nitrogens is 1. The van der Waals surface area contributed by atoms with Gasteiger partial charge in [-0.1, -0.05) is 20.3 Å². The number of oxazole rings is 1. The molecule has 0 saturated carbocycles. The molecule has 0 amide bonds. The normalized spacial score (nSPS) is 15.2. The highest BCUT2D eigenvalue weighted by Gasteiger charge is 2.14. The van der Waals surface area contributed by atoms with Crippen molar-refractivity contribution in [2.24, 2.45) is 0 Å². The van der Waals surface area contributed by atoms with Crippen molar-refractivity contribution in [3.63, 3.8) is 0 Å². The highest BCUT2D eigenvalue weighted by molar-refractivity contribution is 4.95. The number of hydrogen-bond acceptors (Lipinski definition) is 3. The van der Waals surface area contributed by atoms with Gasteiger partial charge in [-0.15, -0.1) is 0 Å². The molecule has 0 saturated heterocycles. The molecule has 0 bridgehead atoms. The Bertz CT molecular complexity index is 283. The zero-order chi connectivity index (χ0) is 11.3. The summed E-state index contributed by atoms with van der Waals surface area (Å²) in [4.78, 5) is 4.23. The monoisotopic (exact) mass is 210 g/mol. The van der Waals surface area contributed by atoms with E-state index in [4.69, 9.17) is 4.42 Å². The van der Waals surface area contributed by atoms with Gasteiger partial charge >= 0.3 is 0 Å². The number of rotatable bonds is 6. The number of nitrogens with zero attached hydrogens (tertiary/aromatic N) is 1. The van der Waals surface area contributed by atoms with Gasteiger partial charge in [-0.3, -0.25) is 0 Å². The van der Waals surface area contributed by atoms with Gasteiger partial charge < -0.3 is 9.73 Å². The molecule has 2 unspecified atom stereocenters. The van der Waals surface area contributed by atoms with Crippen LogP contribution in [0.3, 0.4) is 0 Å². The SMILES string of the molecule is CCCC(CC)NC(C)c1ncc(C)o1. The minimum atomic E-state index is 0.204. The highest BCUT2D eigenvalue weighted by Crippen LogP contribution is 2.14. The molecule has 0 radical (unpaired) electrons. The van der Waals surface area contributed by atoms with Crippen LogP contribution in [-0.4, -0.2) is 11.0 Å². The van der Waals surface area contributed by atoms with Gasteiger partial charge in [0.1, 0.15) is 5.76 Å². The lowest BCUT2D eigenvalue weighted by atomic mass is 10.1. The van der Waals surface area contributed by atoms with Gasteiger partial charge in [-0.25, -0.2) is 4.98 Å². The van der Waals surface area contributed by atoms with E-state index in [9.17, 15) is 0 Å². The first kappa shape index (κ1) is 12.2. The molecular weight excluding hydrogens is 188 g/mol. The topological polar surface area (TPSA) is 38.1 Å². The van der Waals surface area contributed by atoms with E-state index in [1.54, 1.807) is 6.20 Å². The standard InChI is InChI=1S/C12H22N2O/c1-5-7-11(6-2)14-10(4)12-13-8-9(3)15-12/h8,10-11,14H,5-7H2,1-4H3. The molecule has 1 heterocycles. The average molecular weight is 210 g/mol. The van der Waals surface area contributed by atoms with Gasteiger partial charge in [0.15, 0.2) is 0 Å². The van der Waals surface area contributed by atoms with Crippen molar-refractivity contribution < 1.29 is 4.42 Å². The fraction of sp³-hybridized carbons (Fsp3) is 0.750. The summed E-state index contributed by atoms with van der Waals surface area (Å²) in [6.07, 6.45) is 5.34. The molecule has 2 atom stereocenters. The first-order chi connectivity index (χ1) is 7.17. The third-order valence-corrected chi connectivity index (χ3v) is 2.63. The van der Waals surface area contributed by atoms with Crippen molar-refractivity contribution in [3.8, 4) is 0 Å². The Balaban J connectivity index is 2.50. The second-order valence-corrected chi connectivity index (χ2v) is 4.09. The van der Waals surface area contributed by atoms with Crippen LogP contribution in [-0.2, 0) is 0 Å². The maximum absolute atomic E-state index is 5.50. The summed E-state index contributed by atoms with van der Waals surface area (Å²) >= 11 is 0.